The topological polar surface area (TPSA) is 72.5 Å². The van der Waals surface area contributed by atoms with Crippen LogP contribution >= 0.6 is 0 Å². The summed E-state index contributed by atoms with van der Waals surface area (Å²) in [7, 11) is 0. The molecule has 0 heterocycles. The SMILES string of the molecule is Cc1cc(N)ccc1OCC(C)(C)C(=O)O. The standard InChI is InChI=1S/C12H17NO3/c1-8-6-9(13)4-5-10(8)16-7-12(2,3)11(14)15/h4-6H,7,13H2,1-3H3,(H,14,15). The summed E-state index contributed by atoms with van der Waals surface area (Å²) in [6.07, 6.45) is 0. The van der Waals surface area contributed by atoms with Gasteiger partial charge < -0.3 is 15.6 Å². The highest BCUT2D eigenvalue weighted by atomic mass is 16.5. The molecule has 0 saturated carbocycles. The molecule has 0 fully saturated rings. The van der Waals surface area contributed by atoms with E-state index < -0.39 is 11.4 Å². The molecular weight excluding hydrogens is 206 g/mol. The Kier molecular flexibility index (Phi) is 3.42. The van der Waals surface area contributed by atoms with Crippen LogP contribution in [0, 0.1) is 12.3 Å². The molecule has 0 aromatic heterocycles. The van der Waals surface area contributed by atoms with Gasteiger partial charge in [0.15, 0.2) is 0 Å². The highest BCUT2D eigenvalue weighted by Crippen LogP contribution is 2.23. The zero-order chi connectivity index (χ0) is 12.3. The average Bonchev–Trinajstić information content (AvgIpc) is 2.16. The molecule has 0 amide bonds. The summed E-state index contributed by atoms with van der Waals surface area (Å²) < 4.78 is 5.48. The lowest BCUT2D eigenvalue weighted by molar-refractivity contribution is -0.148. The number of benzene rings is 1. The Hall–Kier alpha value is -1.71. The molecule has 0 aliphatic heterocycles. The van der Waals surface area contributed by atoms with Crippen LogP contribution in [0.5, 0.6) is 5.75 Å². The predicted octanol–water partition coefficient (Wildman–Crippen LogP) is 2.07. The van der Waals surface area contributed by atoms with E-state index in [-0.39, 0.29) is 6.61 Å². The van der Waals surface area contributed by atoms with Gasteiger partial charge in [-0.1, -0.05) is 0 Å². The van der Waals surface area contributed by atoms with Crippen LogP contribution in [0.4, 0.5) is 5.69 Å². The number of nitrogen functional groups attached to an aromatic ring is 1. The van der Waals surface area contributed by atoms with Crippen molar-refractivity contribution >= 4 is 11.7 Å². The van der Waals surface area contributed by atoms with Crippen molar-refractivity contribution in [3.63, 3.8) is 0 Å². The number of ether oxygens (including phenoxy) is 1. The molecule has 1 aromatic rings. The van der Waals surface area contributed by atoms with Gasteiger partial charge >= 0.3 is 5.97 Å². The summed E-state index contributed by atoms with van der Waals surface area (Å²) in [6.45, 7) is 5.26. The summed E-state index contributed by atoms with van der Waals surface area (Å²) >= 11 is 0. The van der Waals surface area contributed by atoms with E-state index in [0.717, 1.165) is 5.56 Å². The molecule has 0 saturated heterocycles. The Morgan fingerprint density at radius 1 is 1.50 bits per heavy atom. The predicted molar refractivity (Wildman–Crippen MR) is 62.5 cm³/mol. The first-order valence-corrected chi connectivity index (χ1v) is 5.05. The van der Waals surface area contributed by atoms with E-state index in [9.17, 15) is 4.79 Å². The number of carboxylic acid groups (broad SMARTS) is 1. The van der Waals surface area contributed by atoms with E-state index in [0.29, 0.717) is 11.4 Å². The lowest BCUT2D eigenvalue weighted by Crippen LogP contribution is -2.30. The molecule has 1 rings (SSSR count). The van der Waals surface area contributed by atoms with Crippen molar-refractivity contribution in [1.29, 1.82) is 0 Å². The highest BCUT2D eigenvalue weighted by Gasteiger charge is 2.28. The fraction of sp³-hybridized carbons (Fsp3) is 0.417. The van der Waals surface area contributed by atoms with Gasteiger partial charge in [-0.2, -0.15) is 0 Å². The number of rotatable bonds is 4. The highest BCUT2D eigenvalue weighted by molar-refractivity contribution is 5.73. The molecule has 0 radical (unpaired) electrons. The summed E-state index contributed by atoms with van der Waals surface area (Å²) in [6, 6.07) is 5.28. The van der Waals surface area contributed by atoms with Gasteiger partial charge in [0, 0.05) is 5.69 Å². The van der Waals surface area contributed by atoms with E-state index >= 15 is 0 Å². The van der Waals surface area contributed by atoms with Crippen LogP contribution in [-0.4, -0.2) is 17.7 Å². The minimum absolute atomic E-state index is 0.132. The van der Waals surface area contributed by atoms with Crippen molar-refractivity contribution in [2.45, 2.75) is 20.8 Å². The number of nitrogens with two attached hydrogens (primary N) is 1. The molecule has 0 bridgehead atoms. The number of carbonyl (C=O) groups is 1. The number of hydrogen-bond donors (Lipinski definition) is 2. The summed E-state index contributed by atoms with van der Waals surface area (Å²) in [5.41, 5.74) is 6.29. The van der Waals surface area contributed by atoms with E-state index in [1.54, 1.807) is 32.0 Å². The Labute approximate surface area is 95.0 Å². The largest absolute Gasteiger partial charge is 0.492 e. The number of hydrogen-bond acceptors (Lipinski definition) is 3. The van der Waals surface area contributed by atoms with E-state index in [4.69, 9.17) is 15.6 Å². The second kappa shape index (κ2) is 4.43. The lowest BCUT2D eigenvalue weighted by Gasteiger charge is -2.20. The molecule has 4 heteroatoms. The third-order valence-electron chi connectivity index (χ3n) is 2.37. The molecule has 0 spiro atoms. The molecule has 0 aliphatic rings. The molecule has 16 heavy (non-hydrogen) atoms. The third-order valence-corrected chi connectivity index (χ3v) is 2.37. The van der Waals surface area contributed by atoms with Gasteiger partial charge in [-0.05, 0) is 44.5 Å². The minimum atomic E-state index is -0.895. The smallest absolute Gasteiger partial charge is 0.312 e. The first-order valence-electron chi connectivity index (χ1n) is 5.05. The molecule has 0 aliphatic carbocycles. The van der Waals surface area contributed by atoms with Crippen molar-refractivity contribution in [3.05, 3.63) is 23.8 Å². The van der Waals surface area contributed by atoms with Gasteiger partial charge in [0.1, 0.15) is 12.4 Å². The van der Waals surface area contributed by atoms with Crippen LogP contribution in [0.1, 0.15) is 19.4 Å². The van der Waals surface area contributed by atoms with Gasteiger partial charge in [-0.25, -0.2) is 0 Å². The second-order valence-electron chi connectivity index (χ2n) is 4.50. The van der Waals surface area contributed by atoms with Crippen LogP contribution in [-0.2, 0) is 4.79 Å². The fourth-order valence-electron chi connectivity index (χ4n) is 1.15. The third kappa shape index (κ3) is 2.89. The Morgan fingerprint density at radius 2 is 2.12 bits per heavy atom. The monoisotopic (exact) mass is 223 g/mol. The fourth-order valence-corrected chi connectivity index (χ4v) is 1.15. The van der Waals surface area contributed by atoms with Crippen molar-refractivity contribution in [3.8, 4) is 5.75 Å². The normalized spacial score (nSPS) is 11.2. The van der Waals surface area contributed by atoms with Crippen LogP contribution in [0.25, 0.3) is 0 Å². The summed E-state index contributed by atoms with van der Waals surface area (Å²) in [5, 5.41) is 8.93. The molecule has 0 unspecified atom stereocenters. The molecule has 1 aromatic carbocycles. The maximum Gasteiger partial charge on any atom is 0.312 e. The van der Waals surface area contributed by atoms with E-state index in [2.05, 4.69) is 0 Å². The van der Waals surface area contributed by atoms with Crippen LogP contribution in [0.2, 0.25) is 0 Å². The maximum atomic E-state index is 10.9. The number of aliphatic carboxylic acids is 1. The quantitative estimate of drug-likeness (QED) is 0.766. The molecule has 4 nitrogen and oxygen atoms in total. The Balaban J connectivity index is 2.72. The van der Waals surface area contributed by atoms with Crippen molar-refractivity contribution < 1.29 is 14.6 Å². The molecular formula is C12H17NO3. The summed E-state index contributed by atoms with van der Waals surface area (Å²) in [5.74, 6) is -0.205. The molecule has 0 atom stereocenters. The van der Waals surface area contributed by atoms with Gasteiger partial charge in [0.2, 0.25) is 0 Å². The zero-order valence-electron chi connectivity index (χ0n) is 9.78. The van der Waals surface area contributed by atoms with Gasteiger partial charge in [-0.3, -0.25) is 4.79 Å². The number of aryl methyl sites for hydroxylation is 1. The number of anilines is 1. The minimum Gasteiger partial charge on any atom is -0.492 e. The van der Waals surface area contributed by atoms with Crippen LogP contribution in [0.15, 0.2) is 18.2 Å². The molecule has 88 valence electrons. The van der Waals surface area contributed by atoms with Crippen LogP contribution in [0.3, 0.4) is 0 Å². The Morgan fingerprint density at radius 3 is 2.62 bits per heavy atom. The van der Waals surface area contributed by atoms with Gasteiger partial charge in [0.05, 0.1) is 5.41 Å². The lowest BCUT2D eigenvalue weighted by atomic mass is 9.95. The maximum absolute atomic E-state index is 10.9. The van der Waals surface area contributed by atoms with Gasteiger partial charge in [-0.15, -0.1) is 0 Å². The first-order chi connectivity index (χ1) is 7.33. The number of carboxylic acids is 1. The zero-order valence-corrected chi connectivity index (χ0v) is 9.78. The van der Waals surface area contributed by atoms with E-state index in [1.807, 2.05) is 6.92 Å². The van der Waals surface area contributed by atoms with Crippen LogP contribution < -0.4 is 10.5 Å². The second-order valence-corrected chi connectivity index (χ2v) is 4.50. The first kappa shape index (κ1) is 12.4. The summed E-state index contributed by atoms with van der Waals surface area (Å²) in [4.78, 5) is 10.9. The van der Waals surface area contributed by atoms with Crippen molar-refractivity contribution in [1.82, 2.24) is 0 Å². The van der Waals surface area contributed by atoms with Gasteiger partial charge in [0.25, 0.3) is 0 Å². The van der Waals surface area contributed by atoms with Crippen molar-refractivity contribution in [2.24, 2.45) is 5.41 Å². The average molecular weight is 223 g/mol. The Bertz CT molecular complexity index is 399. The molecule has 3 N–H and O–H groups in total. The van der Waals surface area contributed by atoms with Crippen molar-refractivity contribution in [2.75, 3.05) is 12.3 Å². The van der Waals surface area contributed by atoms with E-state index in [1.165, 1.54) is 0 Å².